The van der Waals surface area contributed by atoms with Crippen molar-refractivity contribution in [3.63, 3.8) is 0 Å². The molecule has 1 aliphatic heterocycles. The molecule has 2 aromatic carbocycles. The number of rotatable bonds is 10. The summed E-state index contributed by atoms with van der Waals surface area (Å²) in [6, 6.07) is 18.9. The van der Waals surface area contributed by atoms with Crippen molar-refractivity contribution in [1.82, 2.24) is 5.32 Å². The maximum Gasteiger partial charge on any atom is 0.0864 e. The highest BCUT2D eigenvalue weighted by Crippen LogP contribution is 2.20. The number of piperidine rings is 1. The normalized spacial score (nSPS) is 14.8. The van der Waals surface area contributed by atoms with E-state index in [1.807, 2.05) is 18.2 Å². The Hall–Kier alpha value is -2.10. The Morgan fingerprint density at radius 2 is 1.74 bits per heavy atom. The molecule has 0 bridgehead atoms. The number of ether oxygens (including phenoxy) is 1. The van der Waals surface area contributed by atoms with E-state index in [4.69, 9.17) is 4.74 Å². The number of nitrogens with one attached hydrogen (secondary N) is 2. The topological polar surface area (TPSA) is 33.3 Å². The van der Waals surface area contributed by atoms with Crippen LogP contribution in [0.3, 0.4) is 0 Å². The Labute approximate surface area is 163 Å². The van der Waals surface area contributed by atoms with Crippen molar-refractivity contribution in [2.24, 2.45) is 5.92 Å². The fourth-order valence-corrected chi connectivity index (χ4v) is 3.63. The smallest absolute Gasteiger partial charge is 0.0864 e. The van der Waals surface area contributed by atoms with E-state index in [1.165, 1.54) is 56.3 Å². The second-order valence-corrected chi connectivity index (χ2v) is 7.49. The summed E-state index contributed by atoms with van der Waals surface area (Å²) in [5.74, 6) is 0.923. The molecule has 3 heteroatoms. The number of hydrogen-bond donors (Lipinski definition) is 2. The Kier molecular flexibility index (Phi) is 7.94. The van der Waals surface area contributed by atoms with Crippen molar-refractivity contribution in [2.45, 2.75) is 38.7 Å². The molecular formula is C24H32N2O. The zero-order chi connectivity index (χ0) is 18.7. The van der Waals surface area contributed by atoms with Gasteiger partial charge in [-0.05, 0) is 68.0 Å². The van der Waals surface area contributed by atoms with Gasteiger partial charge in [-0.15, -0.1) is 0 Å². The van der Waals surface area contributed by atoms with Gasteiger partial charge in [-0.1, -0.05) is 55.5 Å². The van der Waals surface area contributed by atoms with E-state index in [0.29, 0.717) is 13.2 Å². The fraction of sp³-hybridized carbons (Fsp3) is 0.417. The van der Waals surface area contributed by atoms with Gasteiger partial charge in [-0.3, -0.25) is 0 Å². The summed E-state index contributed by atoms with van der Waals surface area (Å²) in [5, 5.41) is 6.78. The van der Waals surface area contributed by atoms with E-state index < -0.39 is 0 Å². The van der Waals surface area contributed by atoms with E-state index in [9.17, 15) is 0 Å². The predicted molar refractivity (Wildman–Crippen MR) is 114 cm³/mol. The zero-order valence-corrected chi connectivity index (χ0v) is 16.3. The molecule has 0 atom stereocenters. The van der Waals surface area contributed by atoms with Crippen LogP contribution in [-0.2, 0) is 17.8 Å². The second-order valence-electron chi connectivity index (χ2n) is 7.49. The fourth-order valence-electron chi connectivity index (χ4n) is 3.63. The summed E-state index contributed by atoms with van der Waals surface area (Å²) >= 11 is 0. The van der Waals surface area contributed by atoms with Crippen LogP contribution in [0, 0.1) is 5.92 Å². The van der Waals surface area contributed by atoms with E-state index in [1.54, 1.807) is 0 Å². The summed E-state index contributed by atoms with van der Waals surface area (Å²) in [4.78, 5) is 0. The summed E-state index contributed by atoms with van der Waals surface area (Å²) in [7, 11) is 0. The Balaban J connectivity index is 1.33. The van der Waals surface area contributed by atoms with Crippen LogP contribution in [-0.4, -0.2) is 19.7 Å². The lowest BCUT2D eigenvalue weighted by atomic mass is 9.91. The highest BCUT2D eigenvalue weighted by atomic mass is 16.5. The molecule has 0 spiro atoms. The van der Waals surface area contributed by atoms with Crippen molar-refractivity contribution in [3.8, 4) is 0 Å². The third-order valence-corrected chi connectivity index (χ3v) is 5.20. The van der Waals surface area contributed by atoms with Crippen LogP contribution in [0.25, 0.3) is 0 Å². The third kappa shape index (κ3) is 7.20. The maximum atomic E-state index is 5.72. The lowest BCUT2D eigenvalue weighted by molar-refractivity contribution is 0.143. The van der Waals surface area contributed by atoms with Crippen molar-refractivity contribution in [2.75, 3.05) is 25.0 Å². The van der Waals surface area contributed by atoms with Gasteiger partial charge in [-0.25, -0.2) is 0 Å². The molecular weight excluding hydrogens is 332 g/mol. The van der Waals surface area contributed by atoms with Crippen LogP contribution >= 0.6 is 0 Å². The molecule has 1 saturated heterocycles. The van der Waals surface area contributed by atoms with Gasteiger partial charge in [0, 0.05) is 11.4 Å². The first kappa shape index (κ1) is 19.7. The maximum absolute atomic E-state index is 5.72. The van der Waals surface area contributed by atoms with Crippen LogP contribution < -0.4 is 10.6 Å². The van der Waals surface area contributed by atoms with Crippen LogP contribution in [0.1, 0.15) is 36.8 Å². The minimum atomic E-state index is 0.507. The van der Waals surface area contributed by atoms with Gasteiger partial charge in [0.25, 0.3) is 0 Å². The number of hydrogen-bond acceptors (Lipinski definition) is 3. The summed E-state index contributed by atoms with van der Waals surface area (Å²) in [6.07, 6.45) is 6.51. The largest absolute Gasteiger partial charge is 0.371 e. The molecule has 27 heavy (non-hydrogen) atoms. The average Bonchev–Trinajstić information content (AvgIpc) is 2.71. The van der Waals surface area contributed by atoms with E-state index in [-0.39, 0.29) is 0 Å². The van der Waals surface area contributed by atoms with Gasteiger partial charge in [-0.2, -0.15) is 0 Å². The molecule has 3 nitrogen and oxygen atoms in total. The van der Waals surface area contributed by atoms with Crippen molar-refractivity contribution >= 4 is 5.69 Å². The number of anilines is 1. The zero-order valence-electron chi connectivity index (χ0n) is 16.3. The van der Waals surface area contributed by atoms with Crippen molar-refractivity contribution in [3.05, 3.63) is 78.0 Å². The first-order valence-electron chi connectivity index (χ1n) is 10.2. The molecule has 2 aromatic rings. The molecule has 0 aromatic heterocycles. The first-order chi connectivity index (χ1) is 13.3. The molecule has 1 heterocycles. The molecule has 1 fully saturated rings. The lowest BCUT2D eigenvalue weighted by Crippen LogP contribution is -2.27. The van der Waals surface area contributed by atoms with Gasteiger partial charge < -0.3 is 15.4 Å². The van der Waals surface area contributed by atoms with E-state index in [0.717, 1.165) is 17.3 Å². The van der Waals surface area contributed by atoms with Crippen molar-refractivity contribution < 1.29 is 4.74 Å². The summed E-state index contributed by atoms with van der Waals surface area (Å²) in [5.41, 5.74) is 4.55. The molecule has 0 saturated carbocycles. The molecule has 0 amide bonds. The van der Waals surface area contributed by atoms with E-state index >= 15 is 0 Å². The molecule has 0 aliphatic carbocycles. The summed E-state index contributed by atoms with van der Waals surface area (Å²) < 4.78 is 5.72. The molecule has 1 aliphatic rings. The monoisotopic (exact) mass is 364 g/mol. The quantitative estimate of drug-likeness (QED) is 0.611. The molecule has 144 valence electrons. The number of aryl methyl sites for hydroxylation is 1. The number of benzene rings is 2. The first-order valence-corrected chi connectivity index (χ1v) is 10.2. The van der Waals surface area contributed by atoms with Crippen LogP contribution in [0.15, 0.2) is 66.9 Å². The molecule has 2 N–H and O–H groups in total. The SMILES string of the molecule is C=C(COCc1ccccc1)Nc1ccc(CCCC2CCNCC2)cc1. The Bertz CT molecular complexity index is 675. The van der Waals surface area contributed by atoms with Gasteiger partial charge in [0.15, 0.2) is 0 Å². The van der Waals surface area contributed by atoms with Crippen molar-refractivity contribution in [1.29, 1.82) is 0 Å². The van der Waals surface area contributed by atoms with Crippen LogP contribution in [0.5, 0.6) is 0 Å². The molecule has 0 radical (unpaired) electrons. The lowest BCUT2D eigenvalue weighted by Gasteiger charge is -2.22. The van der Waals surface area contributed by atoms with E-state index in [2.05, 4.69) is 53.6 Å². The average molecular weight is 365 g/mol. The molecule has 3 rings (SSSR count). The Morgan fingerprint density at radius 3 is 2.48 bits per heavy atom. The minimum Gasteiger partial charge on any atom is -0.371 e. The third-order valence-electron chi connectivity index (χ3n) is 5.20. The second kappa shape index (κ2) is 10.9. The highest BCUT2D eigenvalue weighted by molar-refractivity contribution is 5.48. The highest BCUT2D eigenvalue weighted by Gasteiger charge is 2.12. The van der Waals surface area contributed by atoms with Crippen LogP contribution in [0.2, 0.25) is 0 Å². The van der Waals surface area contributed by atoms with Gasteiger partial charge in [0.1, 0.15) is 0 Å². The van der Waals surface area contributed by atoms with Gasteiger partial charge in [0.2, 0.25) is 0 Å². The molecule has 0 unspecified atom stereocenters. The van der Waals surface area contributed by atoms with Gasteiger partial charge >= 0.3 is 0 Å². The standard InChI is InChI=1S/C24H32N2O/c1-20(18-27-19-23-6-3-2-4-7-23)26-24-12-10-21(11-13-24)8-5-9-22-14-16-25-17-15-22/h2-4,6-7,10-13,22,25-26H,1,5,8-9,14-19H2. The van der Waals surface area contributed by atoms with Crippen LogP contribution in [0.4, 0.5) is 5.69 Å². The van der Waals surface area contributed by atoms with Gasteiger partial charge in [0.05, 0.1) is 13.2 Å². The summed E-state index contributed by atoms with van der Waals surface area (Å²) in [6.45, 7) is 7.58. The predicted octanol–water partition coefficient (Wildman–Crippen LogP) is 5.15. The minimum absolute atomic E-state index is 0.507. The Morgan fingerprint density at radius 1 is 1.00 bits per heavy atom.